The van der Waals surface area contributed by atoms with Crippen LogP contribution in [0.1, 0.15) is 49.9 Å². The zero-order valence-electron chi connectivity index (χ0n) is 29.8. The summed E-state index contributed by atoms with van der Waals surface area (Å²) in [5.74, 6) is 0. The van der Waals surface area contributed by atoms with Crippen molar-refractivity contribution in [1.29, 1.82) is 0 Å². The van der Waals surface area contributed by atoms with Gasteiger partial charge in [-0.25, -0.2) is 4.98 Å². The molecule has 0 saturated carbocycles. The second kappa shape index (κ2) is 10.2. The van der Waals surface area contributed by atoms with E-state index >= 15 is 0 Å². The minimum atomic E-state index is -0.138. The molecule has 9 aromatic rings. The zero-order chi connectivity index (χ0) is 34.9. The number of benzene rings is 7. The molecule has 0 spiro atoms. The van der Waals surface area contributed by atoms with Crippen molar-refractivity contribution in [3.8, 4) is 44.6 Å². The summed E-state index contributed by atoms with van der Waals surface area (Å²) in [6.45, 7) is 9.56. The van der Waals surface area contributed by atoms with Crippen molar-refractivity contribution in [3.05, 3.63) is 168 Å². The predicted octanol–water partition coefficient (Wildman–Crippen LogP) is 13.0. The van der Waals surface area contributed by atoms with Gasteiger partial charge in [-0.3, -0.25) is 4.98 Å². The molecule has 7 aromatic carbocycles. The fraction of sp³-hybridized carbons (Fsp3) is 0.120. The molecule has 0 aliphatic heterocycles. The van der Waals surface area contributed by atoms with E-state index in [1.165, 1.54) is 77.2 Å². The Balaban J connectivity index is 1.11. The molecule has 2 nitrogen and oxygen atoms in total. The summed E-state index contributed by atoms with van der Waals surface area (Å²) in [5, 5.41) is 7.16. The summed E-state index contributed by atoms with van der Waals surface area (Å²) in [4.78, 5) is 10.0. The van der Waals surface area contributed by atoms with E-state index in [4.69, 9.17) is 9.97 Å². The molecule has 246 valence electrons. The van der Waals surface area contributed by atoms with E-state index in [1.54, 1.807) is 0 Å². The minimum absolute atomic E-state index is 0.0288. The van der Waals surface area contributed by atoms with Crippen molar-refractivity contribution in [3.63, 3.8) is 0 Å². The maximum Gasteiger partial charge on any atom is 0.0972 e. The molecule has 0 N–H and O–H groups in total. The van der Waals surface area contributed by atoms with Crippen LogP contribution in [-0.2, 0) is 10.8 Å². The Labute approximate surface area is 303 Å². The zero-order valence-corrected chi connectivity index (χ0v) is 29.8. The smallest absolute Gasteiger partial charge is 0.0972 e. The van der Waals surface area contributed by atoms with E-state index in [1.807, 2.05) is 12.3 Å². The maximum atomic E-state index is 5.28. The first-order valence-corrected chi connectivity index (χ1v) is 18.3. The van der Waals surface area contributed by atoms with Crippen LogP contribution in [-0.4, -0.2) is 9.97 Å². The van der Waals surface area contributed by atoms with Crippen LogP contribution in [0.25, 0.3) is 88.0 Å². The Morgan fingerprint density at radius 1 is 0.404 bits per heavy atom. The fourth-order valence-corrected chi connectivity index (χ4v) is 9.56. The van der Waals surface area contributed by atoms with Crippen molar-refractivity contribution in [2.24, 2.45) is 0 Å². The first kappa shape index (κ1) is 29.6. The van der Waals surface area contributed by atoms with E-state index in [0.29, 0.717) is 0 Å². The second-order valence-electron chi connectivity index (χ2n) is 15.8. The lowest BCUT2D eigenvalue weighted by molar-refractivity contribution is 0.652. The molecule has 2 heterocycles. The Kier molecular flexibility index (Phi) is 5.83. The molecule has 11 rings (SSSR count). The third-order valence-corrected chi connectivity index (χ3v) is 12.3. The molecule has 0 bridgehead atoms. The van der Waals surface area contributed by atoms with Gasteiger partial charge in [0.1, 0.15) is 0 Å². The summed E-state index contributed by atoms with van der Waals surface area (Å²) in [5.41, 5.74) is 17.4. The number of fused-ring (bicyclic) bond motifs is 12. The summed E-state index contributed by atoms with van der Waals surface area (Å²) in [6, 6.07) is 51.8. The lowest BCUT2D eigenvalue weighted by Gasteiger charge is -2.24. The largest absolute Gasteiger partial charge is 0.254 e. The molecule has 2 aliphatic carbocycles. The first-order chi connectivity index (χ1) is 25.3. The number of pyridine rings is 2. The van der Waals surface area contributed by atoms with Gasteiger partial charge in [0.25, 0.3) is 0 Å². The van der Waals surface area contributed by atoms with E-state index < -0.39 is 0 Å². The van der Waals surface area contributed by atoms with Crippen LogP contribution in [0.3, 0.4) is 0 Å². The number of nitrogens with zero attached hydrogens (tertiary/aromatic N) is 2. The average molecular weight is 665 g/mol. The standard InChI is InChI=1S/C50H36N2/c1-49(2)41-14-8-7-13-35(41)39-27-44-40(28-43(39)49)36-20-18-32(26-42(36)50(44,3)4)34-22-23-37(38-21-17-29-10-5-6-12-33(29)46(34)38)45-24-19-31-16-15-30-11-9-25-51-47(30)48(31)52-45/h5-28H,1-4H3. The van der Waals surface area contributed by atoms with Crippen LogP contribution in [0.15, 0.2) is 146 Å². The van der Waals surface area contributed by atoms with Crippen LogP contribution in [0.4, 0.5) is 0 Å². The van der Waals surface area contributed by atoms with Gasteiger partial charge < -0.3 is 0 Å². The SMILES string of the molecule is CC1(C)c2ccccc2-c2cc3c(cc21)-c1ccc(-c2ccc(-c4ccc5ccc6cccnc6c5n4)c4ccc5ccccc5c24)cc1C3(C)C. The van der Waals surface area contributed by atoms with Crippen molar-refractivity contribution >= 4 is 43.4 Å². The topological polar surface area (TPSA) is 25.8 Å². The highest BCUT2D eigenvalue weighted by atomic mass is 14.8. The van der Waals surface area contributed by atoms with Crippen molar-refractivity contribution in [2.75, 3.05) is 0 Å². The van der Waals surface area contributed by atoms with Gasteiger partial charge in [-0.2, -0.15) is 0 Å². The van der Waals surface area contributed by atoms with Crippen LogP contribution in [0.2, 0.25) is 0 Å². The quantitative estimate of drug-likeness (QED) is 0.172. The Hall–Kier alpha value is -6.12. The molecule has 2 heteroatoms. The molecule has 0 fully saturated rings. The summed E-state index contributed by atoms with van der Waals surface area (Å²) >= 11 is 0. The van der Waals surface area contributed by atoms with Gasteiger partial charge in [0, 0.05) is 33.4 Å². The minimum Gasteiger partial charge on any atom is -0.254 e. The molecule has 0 atom stereocenters. The Bertz CT molecular complexity index is 3020. The third kappa shape index (κ3) is 3.90. The van der Waals surface area contributed by atoms with E-state index in [9.17, 15) is 0 Å². The average Bonchev–Trinajstić information content (AvgIpc) is 3.55. The highest BCUT2D eigenvalue weighted by Gasteiger charge is 2.41. The summed E-state index contributed by atoms with van der Waals surface area (Å²) in [6.07, 6.45) is 1.86. The highest BCUT2D eigenvalue weighted by Crippen LogP contribution is 2.56. The summed E-state index contributed by atoms with van der Waals surface area (Å²) < 4.78 is 0. The Morgan fingerprint density at radius 2 is 1.02 bits per heavy atom. The van der Waals surface area contributed by atoms with Gasteiger partial charge in [0.15, 0.2) is 0 Å². The van der Waals surface area contributed by atoms with Crippen LogP contribution >= 0.6 is 0 Å². The predicted molar refractivity (Wildman–Crippen MR) is 218 cm³/mol. The molecule has 0 radical (unpaired) electrons. The Morgan fingerprint density at radius 3 is 1.87 bits per heavy atom. The maximum absolute atomic E-state index is 5.28. The molecule has 52 heavy (non-hydrogen) atoms. The lowest BCUT2D eigenvalue weighted by Crippen LogP contribution is -2.17. The number of hydrogen-bond acceptors (Lipinski definition) is 2. The summed E-state index contributed by atoms with van der Waals surface area (Å²) in [7, 11) is 0. The number of aromatic nitrogens is 2. The van der Waals surface area contributed by atoms with Crippen LogP contribution in [0, 0.1) is 0 Å². The first-order valence-electron chi connectivity index (χ1n) is 18.3. The van der Waals surface area contributed by atoms with E-state index in [2.05, 4.69) is 161 Å². The van der Waals surface area contributed by atoms with Crippen LogP contribution < -0.4 is 0 Å². The molecule has 0 amide bonds. The van der Waals surface area contributed by atoms with Crippen molar-refractivity contribution in [1.82, 2.24) is 9.97 Å². The van der Waals surface area contributed by atoms with Gasteiger partial charge in [0.05, 0.1) is 16.7 Å². The molecule has 0 unspecified atom stereocenters. The molecular weight excluding hydrogens is 629 g/mol. The van der Waals surface area contributed by atoms with Gasteiger partial charge >= 0.3 is 0 Å². The van der Waals surface area contributed by atoms with Gasteiger partial charge in [-0.05, 0) is 108 Å². The third-order valence-electron chi connectivity index (χ3n) is 12.3. The van der Waals surface area contributed by atoms with E-state index in [0.717, 1.165) is 33.1 Å². The monoisotopic (exact) mass is 664 g/mol. The van der Waals surface area contributed by atoms with Crippen molar-refractivity contribution < 1.29 is 0 Å². The van der Waals surface area contributed by atoms with E-state index in [-0.39, 0.29) is 10.8 Å². The lowest BCUT2D eigenvalue weighted by atomic mass is 9.79. The molecule has 0 saturated heterocycles. The van der Waals surface area contributed by atoms with Crippen LogP contribution in [0.5, 0.6) is 0 Å². The van der Waals surface area contributed by atoms with Gasteiger partial charge in [0.2, 0.25) is 0 Å². The molecule has 2 aliphatic rings. The normalized spacial score (nSPS) is 14.8. The number of hydrogen-bond donors (Lipinski definition) is 0. The molecule has 2 aromatic heterocycles. The van der Waals surface area contributed by atoms with Crippen molar-refractivity contribution in [2.45, 2.75) is 38.5 Å². The highest BCUT2D eigenvalue weighted by molar-refractivity contribution is 6.18. The fourth-order valence-electron chi connectivity index (χ4n) is 9.56. The number of rotatable bonds is 2. The van der Waals surface area contributed by atoms with Gasteiger partial charge in [-0.15, -0.1) is 0 Å². The van der Waals surface area contributed by atoms with Gasteiger partial charge in [-0.1, -0.05) is 137 Å². The second-order valence-corrected chi connectivity index (χ2v) is 15.8. The molecular formula is C50H36N2.